The number of carbonyl (C=O) groups is 5. The second-order valence-corrected chi connectivity index (χ2v) is 3.65. The molecule has 0 aliphatic carbocycles. The van der Waals surface area contributed by atoms with Crippen LogP contribution < -0.4 is 20.4 Å². The van der Waals surface area contributed by atoms with Crippen LogP contribution in [0.2, 0.25) is 0 Å². The SMILES string of the molecule is CCC(=O)O.CCC(=O)[O-].CCC(=O)[O-].CCC(=O)[O-].CCC(=O)[O-].[Ca+2].[Mg+2]. The molecule has 0 aromatic rings. The number of carbonyl (C=O) groups excluding carboxylic acids is 4. The number of rotatable bonds is 5. The molecule has 0 aliphatic heterocycles. The normalized spacial score (nSPS) is 6.85. The van der Waals surface area contributed by atoms with E-state index in [-0.39, 0.29) is 92.9 Å². The standard InChI is InChI=1S/5C3H6O2.Ca.Mg/c5*1-2-3(4)5;;/h5*2H2,1H3,(H,4,5);;/q;;;;;2*+2/p-4. The van der Waals surface area contributed by atoms with Gasteiger partial charge in [0.1, 0.15) is 0 Å². The Balaban J connectivity index is -0.0000000364. The van der Waals surface area contributed by atoms with E-state index in [1.54, 1.807) is 6.92 Å². The minimum Gasteiger partial charge on any atom is -0.550 e. The Kier molecular flexibility index (Phi) is 67.3. The summed E-state index contributed by atoms with van der Waals surface area (Å²) in [6.45, 7) is 7.75. The molecule has 150 valence electrons. The molecular formula is C15H26CaMgO10. The van der Waals surface area contributed by atoms with Gasteiger partial charge < -0.3 is 44.7 Å². The second kappa shape index (κ2) is 40.2. The van der Waals surface area contributed by atoms with E-state index in [0.717, 1.165) is 0 Å². The molecule has 1 N–H and O–H groups in total. The first-order valence-corrected chi connectivity index (χ1v) is 7.36. The predicted octanol–water partition coefficient (Wildman–Crippen LogP) is -3.70. The quantitative estimate of drug-likeness (QED) is 0.423. The zero-order valence-electron chi connectivity index (χ0n) is 16.6. The Morgan fingerprint density at radius 3 is 0.630 bits per heavy atom. The maximum Gasteiger partial charge on any atom is 2.00 e. The first-order chi connectivity index (χ1) is 11.4. The van der Waals surface area contributed by atoms with Crippen molar-refractivity contribution in [2.24, 2.45) is 0 Å². The van der Waals surface area contributed by atoms with E-state index >= 15 is 0 Å². The molecule has 0 atom stereocenters. The van der Waals surface area contributed by atoms with Crippen LogP contribution in [0, 0.1) is 0 Å². The summed E-state index contributed by atoms with van der Waals surface area (Å²) >= 11 is 0. The van der Waals surface area contributed by atoms with Crippen LogP contribution in [0.15, 0.2) is 0 Å². The van der Waals surface area contributed by atoms with Gasteiger partial charge in [0.05, 0.1) is 0 Å². The summed E-state index contributed by atoms with van der Waals surface area (Å²) in [7, 11) is 0. The summed E-state index contributed by atoms with van der Waals surface area (Å²) in [5, 5.41) is 44.8. The summed E-state index contributed by atoms with van der Waals surface area (Å²) in [6, 6.07) is 0. The van der Waals surface area contributed by atoms with Gasteiger partial charge in [-0.1, -0.05) is 34.6 Å². The number of carboxylic acids is 5. The number of hydrogen-bond acceptors (Lipinski definition) is 9. The topological polar surface area (TPSA) is 198 Å². The molecule has 0 aromatic heterocycles. The van der Waals surface area contributed by atoms with Crippen LogP contribution in [0.4, 0.5) is 0 Å². The number of carboxylic acid groups (broad SMARTS) is 5. The van der Waals surface area contributed by atoms with Gasteiger partial charge in [0.2, 0.25) is 0 Å². The second-order valence-electron chi connectivity index (χ2n) is 3.65. The van der Waals surface area contributed by atoms with E-state index in [2.05, 4.69) is 0 Å². The van der Waals surface area contributed by atoms with E-state index in [1.807, 2.05) is 0 Å². The largest absolute Gasteiger partial charge is 2.00 e. The first kappa shape index (κ1) is 45.2. The Hall–Kier alpha value is -0.624. The van der Waals surface area contributed by atoms with Crippen molar-refractivity contribution < 1.29 is 49.5 Å². The molecule has 0 saturated heterocycles. The molecule has 10 nitrogen and oxygen atoms in total. The van der Waals surface area contributed by atoms with E-state index in [9.17, 15) is 44.4 Å². The summed E-state index contributed by atoms with van der Waals surface area (Å²) in [5.41, 5.74) is 0. The van der Waals surface area contributed by atoms with E-state index < -0.39 is 29.8 Å². The summed E-state index contributed by atoms with van der Waals surface area (Å²) in [6.07, 6.45) is 0.667. The van der Waals surface area contributed by atoms with Gasteiger partial charge in [-0.25, -0.2) is 0 Å². The Morgan fingerprint density at radius 2 is 0.630 bits per heavy atom. The number of aliphatic carboxylic acids is 5. The smallest absolute Gasteiger partial charge is 0.550 e. The Bertz CT molecular complexity index is 294. The van der Waals surface area contributed by atoms with Gasteiger partial charge in [0, 0.05) is 30.3 Å². The molecule has 0 heterocycles. The fraction of sp³-hybridized carbons (Fsp3) is 0.667. The van der Waals surface area contributed by atoms with Crippen molar-refractivity contribution >= 4 is 90.6 Å². The third kappa shape index (κ3) is 158. The van der Waals surface area contributed by atoms with Crippen LogP contribution in [-0.2, 0) is 24.0 Å². The van der Waals surface area contributed by atoms with E-state index in [4.69, 9.17) is 5.11 Å². The molecule has 0 bridgehead atoms. The van der Waals surface area contributed by atoms with Crippen molar-refractivity contribution in [2.45, 2.75) is 66.7 Å². The van der Waals surface area contributed by atoms with Crippen molar-refractivity contribution in [2.75, 3.05) is 0 Å². The van der Waals surface area contributed by atoms with Crippen molar-refractivity contribution in [3.8, 4) is 0 Å². The molecule has 0 radical (unpaired) electrons. The summed E-state index contributed by atoms with van der Waals surface area (Å²) in [5.74, 6) is -4.73. The Labute approximate surface area is 205 Å². The molecule has 0 aliphatic rings. The van der Waals surface area contributed by atoms with Crippen molar-refractivity contribution in [3.63, 3.8) is 0 Å². The third-order valence-corrected chi connectivity index (χ3v) is 1.46. The van der Waals surface area contributed by atoms with Crippen molar-refractivity contribution in [1.82, 2.24) is 0 Å². The van der Waals surface area contributed by atoms with Gasteiger partial charge in [0.25, 0.3) is 0 Å². The molecule has 0 rings (SSSR count). The van der Waals surface area contributed by atoms with Gasteiger partial charge in [-0.3, -0.25) is 4.79 Å². The van der Waals surface area contributed by atoms with E-state index in [0.29, 0.717) is 0 Å². The molecule has 0 spiro atoms. The number of hydrogen-bond donors (Lipinski definition) is 1. The van der Waals surface area contributed by atoms with Crippen LogP contribution >= 0.6 is 0 Å². The van der Waals surface area contributed by atoms with Crippen molar-refractivity contribution in [1.29, 1.82) is 0 Å². The summed E-state index contributed by atoms with van der Waals surface area (Å²) < 4.78 is 0. The van der Waals surface area contributed by atoms with Gasteiger partial charge in [-0.15, -0.1) is 0 Å². The summed E-state index contributed by atoms with van der Waals surface area (Å²) in [4.78, 5) is 46.4. The van der Waals surface area contributed by atoms with Gasteiger partial charge in [-0.05, 0) is 25.7 Å². The van der Waals surface area contributed by atoms with Crippen LogP contribution in [0.5, 0.6) is 0 Å². The van der Waals surface area contributed by atoms with Gasteiger partial charge in [-0.2, -0.15) is 0 Å². The zero-order chi connectivity index (χ0) is 21.4. The van der Waals surface area contributed by atoms with E-state index in [1.165, 1.54) is 27.7 Å². The molecule has 0 aromatic carbocycles. The van der Waals surface area contributed by atoms with Crippen LogP contribution in [-0.4, -0.2) is 95.7 Å². The minimum absolute atomic E-state index is 0. The van der Waals surface area contributed by atoms with Gasteiger partial charge in [0.15, 0.2) is 0 Å². The molecular weight excluding hydrogens is 405 g/mol. The molecule has 0 unspecified atom stereocenters. The molecule has 0 saturated carbocycles. The van der Waals surface area contributed by atoms with Crippen LogP contribution in [0.25, 0.3) is 0 Å². The average Bonchev–Trinajstić information content (AvgIpc) is 2.56. The molecule has 0 fully saturated rings. The average molecular weight is 431 g/mol. The van der Waals surface area contributed by atoms with Crippen molar-refractivity contribution in [3.05, 3.63) is 0 Å². The molecule has 0 amide bonds. The third-order valence-electron chi connectivity index (χ3n) is 1.46. The van der Waals surface area contributed by atoms with Crippen LogP contribution in [0.1, 0.15) is 66.7 Å². The fourth-order valence-electron chi connectivity index (χ4n) is 0. The molecule has 27 heavy (non-hydrogen) atoms. The predicted molar refractivity (Wildman–Crippen MR) is 90.6 cm³/mol. The maximum atomic E-state index is 9.37. The molecule has 12 heteroatoms. The monoisotopic (exact) mass is 430 g/mol. The van der Waals surface area contributed by atoms with Gasteiger partial charge >= 0.3 is 66.8 Å². The zero-order valence-corrected chi connectivity index (χ0v) is 20.2. The minimum atomic E-state index is -0.995. The fourth-order valence-corrected chi connectivity index (χ4v) is 0. The maximum absolute atomic E-state index is 9.37. The van der Waals surface area contributed by atoms with Crippen LogP contribution in [0.3, 0.4) is 0 Å². The first-order valence-electron chi connectivity index (χ1n) is 7.36. The Morgan fingerprint density at radius 1 is 0.556 bits per heavy atom.